The second kappa shape index (κ2) is 6.56. The molecule has 1 fully saturated rings. The number of anilines is 1. The van der Waals surface area contributed by atoms with Gasteiger partial charge in [-0.1, -0.05) is 24.4 Å². The largest absolute Gasteiger partial charge is 0.495 e. The van der Waals surface area contributed by atoms with Gasteiger partial charge in [-0.15, -0.1) is 0 Å². The van der Waals surface area contributed by atoms with Crippen LogP contribution in [0.25, 0.3) is 0 Å². The highest BCUT2D eigenvalue weighted by Crippen LogP contribution is 2.28. The Kier molecular flexibility index (Phi) is 4.79. The number of carbonyl (C=O) groups is 1. The summed E-state index contributed by atoms with van der Waals surface area (Å²) in [5.74, 6) is 0.868. The highest BCUT2D eigenvalue weighted by molar-refractivity contribution is 7.80. The number of hydrogen-bond donors (Lipinski definition) is 1. The molecule has 0 spiro atoms. The molecule has 1 aliphatic rings. The number of thiocarbonyl (C=S) groups is 1. The van der Waals surface area contributed by atoms with Crippen molar-refractivity contribution in [3.63, 3.8) is 0 Å². The molecule has 0 aliphatic carbocycles. The molecule has 5 nitrogen and oxygen atoms in total. The minimum atomic E-state index is 0.0113. The molecule has 0 radical (unpaired) electrons. The summed E-state index contributed by atoms with van der Waals surface area (Å²) in [5.41, 5.74) is 6.48. The molecular formula is C14H19N3O2S. The van der Waals surface area contributed by atoms with Crippen molar-refractivity contribution in [1.82, 2.24) is 4.90 Å². The summed E-state index contributed by atoms with van der Waals surface area (Å²) in [6, 6.07) is 7.91. The number of amides is 1. The normalized spacial score (nSPS) is 15.1. The van der Waals surface area contributed by atoms with Crippen LogP contribution in [-0.4, -0.2) is 49.1 Å². The van der Waals surface area contributed by atoms with E-state index in [1.165, 1.54) is 0 Å². The number of piperazine rings is 1. The first kappa shape index (κ1) is 14.6. The van der Waals surface area contributed by atoms with Gasteiger partial charge in [0.2, 0.25) is 5.91 Å². The van der Waals surface area contributed by atoms with E-state index in [9.17, 15) is 4.79 Å². The van der Waals surface area contributed by atoms with Crippen molar-refractivity contribution < 1.29 is 9.53 Å². The third kappa shape index (κ3) is 3.39. The first-order valence-corrected chi connectivity index (χ1v) is 6.96. The van der Waals surface area contributed by atoms with Gasteiger partial charge >= 0.3 is 0 Å². The van der Waals surface area contributed by atoms with E-state index in [4.69, 9.17) is 22.7 Å². The Labute approximate surface area is 124 Å². The zero-order valence-corrected chi connectivity index (χ0v) is 12.4. The van der Waals surface area contributed by atoms with Crippen LogP contribution in [0.4, 0.5) is 5.69 Å². The standard InChI is InChI=1S/C14H19N3O2S/c1-19-12-5-3-2-4-11(12)16-6-8-17(9-7-16)14(18)10-13(15)20/h2-5H,6-10H2,1H3,(H2,15,20). The van der Waals surface area contributed by atoms with E-state index in [1.807, 2.05) is 29.2 Å². The van der Waals surface area contributed by atoms with E-state index in [0.29, 0.717) is 13.1 Å². The molecule has 0 unspecified atom stereocenters. The second-order valence-electron chi connectivity index (χ2n) is 4.68. The van der Waals surface area contributed by atoms with Crippen molar-refractivity contribution in [2.75, 3.05) is 38.2 Å². The van der Waals surface area contributed by atoms with E-state index in [2.05, 4.69) is 4.90 Å². The number of nitrogens with two attached hydrogens (primary N) is 1. The van der Waals surface area contributed by atoms with Crippen LogP contribution in [0.3, 0.4) is 0 Å². The van der Waals surface area contributed by atoms with Gasteiger partial charge < -0.3 is 20.3 Å². The van der Waals surface area contributed by atoms with Crippen LogP contribution >= 0.6 is 12.2 Å². The summed E-state index contributed by atoms with van der Waals surface area (Å²) in [4.78, 5) is 16.2. The molecule has 20 heavy (non-hydrogen) atoms. The number of benzene rings is 1. The number of ether oxygens (including phenoxy) is 1. The second-order valence-corrected chi connectivity index (χ2v) is 5.21. The molecule has 1 aromatic carbocycles. The third-order valence-electron chi connectivity index (χ3n) is 3.38. The van der Waals surface area contributed by atoms with Crippen LogP contribution in [0.5, 0.6) is 5.75 Å². The first-order valence-electron chi connectivity index (χ1n) is 6.56. The minimum Gasteiger partial charge on any atom is -0.495 e. The monoisotopic (exact) mass is 293 g/mol. The van der Waals surface area contributed by atoms with Crippen LogP contribution in [0.15, 0.2) is 24.3 Å². The lowest BCUT2D eigenvalue weighted by atomic mass is 10.2. The fourth-order valence-corrected chi connectivity index (χ4v) is 2.47. The lowest BCUT2D eigenvalue weighted by molar-refractivity contribution is -0.130. The van der Waals surface area contributed by atoms with Gasteiger partial charge in [0.05, 0.1) is 24.2 Å². The Bertz CT molecular complexity index is 499. The molecule has 108 valence electrons. The van der Waals surface area contributed by atoms with E-state index >= 15 is 0 Å². The Morgan fingerprint density at radius 1 is 1.30 bits per heavy atom. The molecule has 0 bridgehead atoms. The summed E-state index contributed by atoms with van der Waals surface area (Å²) in [5, 5.41) is 0. The number of hydrogen-bond acceptors (Lipinski definition) is 4. The molecule has 0 aromatic heterocycles. The maximum atomic E-state index is 11.9. The fourth-order valence-electron chi connectivity index (χ4n) is 2.35. The molecule has 1 amide bonds. The van der Waals surface area contributed by atoms with Crippen LogP contribution in [-0.2, 0) is 4.79 Å². The molecule has 1 aliphatic heterocycles. The summed E-state index contributed by atoms with van der Waals surface area (Å²) < 4.78 is 5.37. The minimum absolute atomic E-state index is 0.0113. The van der Waals surface area contributed by atoms with Gasteiger partial charge in [0.25, 0.3) is 0 Å². The zero-order valence-electron chi connectivity index (χ0n) is 11.5. The summed E-state index contributed by atoms with van der Waals surface area (Å²) in [6.07, 6.45) is 0.157. The zero-order chi connectivity index (χ0) is 14.5. The molecule has 2 N–H and O–H groups in total. The average Bonchev–Trinajstić information content (AvgIpc) is 2.46. The molecule has 6 heteroatoms. The van der Waals surface area contributed by atoms with Crippen molar-refractivity contribution >= 4 is 28.8 Å². The predicted molar refractivity (Wildman–Crippen MR) is 83.2 cm³/mol. The van der Waals surface area contributed by atoms with Gasteiger partial charge in [0, 0.05) is 26.2 Å². The number of carbonyl (C=O) groups excluding carboxylic acids is 1. The predicted octanol–water partition coefficient (Wildman–Crippen LogP) is 1.02. The molecule has 0 saturated carbocycles. The molecule has 1 heterocycles. The lowest BCUT2D eigenvalue weighted by Gasteiger charge is -2.36. The number of rotatable bonds is 4. The van der Waals surface area contributed by atoms with E-state index in [0.717, 1.165) is 24.5 Å². The summed E-state index contributed by atoms with van der Waals surface area (Å²) in [7, 11) is 1.67. The quantitative estimate of drug-likeness (QED) is 0.840. The van der Waals surface area contributed by atoms with Crippen molar-refractivity contribution in [3.8, 4) is 5.75 Å². The van der Waals surface area contributed by atoms with Gasteiger partial charge in [-0.3, -0.25) is 4.79 Å². The maximum absolute atomic E-state index is 11.9. The molecule has 0 atom stereocenters. The highest BCUT2D eigenvalue weighted by Gasteiger charge is 2.22. The van der Waals surface area contributed by atoms with Gasteiger partial charge in [0.1, 0.15) is 5.75 Å². The Morgan fingerprint density at radius 3 is 2.55 bits per heavy atom. The van der Waals surface area contributed by atoms with Crippen molar-refractivity contribution in [1.29, 1.82) is 0 Å². The van der Waals surface area contributed by atoms with Gasteiger partial charge in [-0.2, -0.15) is 0 Å². The SMILES string of the molecule is COc1ccccc1N1CCN(C(=O)CC(N)=S)CC1. The number of nitrogens with zero attached hydrogens (tertiary/aromatic N) is 2. The first-order chi connectivity index (χ1) is 9.61. The Morgan fingerprint density at radius 2 is 1.95 bits per heavy atom. The van der Waals surface area contributed by atoms with E-state index < -0.39 is 0 Å². The van der Waals surface area contributed by atoms with Gasteiger partial charge in [-0.25, -0.2) is 0 Å². The molecule has 1 saturated heterocycles. The maximum Gasteiger partial charge on any atom is 0.229 e. The smallest absolute Gasteiger partial charge is 0.229 e. The topological polar surface area (TPSA) is 58.8 Å². The van der Waals surface area contributed by atoms with Crippen LogP contribution < -0.4 is 15.4 Å². The molecule has 2 rings (SSSR count). The summed E-state index contributed by atoms with van der Waals surface area (Å²) >= 11 is 4.78. The van der Waals surface area contributed by atoms with Gasteiger partial charge in [0.15, 0.2) is 0 Å². The lowest BCUT2D eigenvalue weighted by Crippen LogP contribution is -2.49. The Balaban J connectivity index is 1.97. The fraction of sp³-hybridized carbons (Fsp3) is 0.429. The van der Waals surface area contributed by atoms with Crippen molar-refractivity contribution in [2.24, 2.45) is 5.73 Å². The van der Waals surface area contributed by atoms with E-state index in [-0.39, 0.29) is 17.3 Å². The Hall–Kier alpha value is -1.82. The van der Waals surface area contributed by atoms with Crippen LogP contribution in [0.1, 0.15) is 6.42 Å². The number of methoxy groups -OCH3 is 1. The molecule has 1 aromatic rings. The third-order valence-corrected chi connectivity index (χ3v) is 3.53. The van der Waals surface area contributed by atoms with Crippen molar-refractivity contribution in [3.05, 3.63) is 24.3 Å². The average molecular weight is 293 g/mol. The van der Waals surface area contributed by atoms with Gasteiger partial charge in [-0.05, 0) is 12.1 Å². The van der Waals surface area contributed by atoms with E-state index in [1.54, 1.807) is 7.11 Å². The highest BCUT2D eigenvalue weighted by atomic mass is 32.1. The van der Waals surface area contributed by atoms with Crippen molar-refractivity contribution in [2.45, 2.75) is 6.42 Å². The molecular weight excluding hydrogens is 274 g/mol. The van der Waals surface area contributed by atoms with Crippen LogP contribution in [0.2, 0.25) is 0 Å². The summed E-state index contributed by atoms with van der Waals surface area (Å²) in [6.45, 7) is 2.92. The van der Waals surface area contributed by atoms with Crippen LogP contribution in [0, 0.1) is 0 Å². The number of para-hydroxylation sites is 2.